The van der Waals surface area contributed by atoms with Gasteiger partial charge in [-0.1, -0.05) is 24.3 Å². The van der Waals surface area contributed by atoms with Crippen LogP contribution in [0.1, 0.15) is 11.1 Å². The largest absolute Gasteiger partial charge is 0.468 e. The molecular weight excluding hydrogens is 249 g/mol. The van der Waals surface area contributed by atoms with Gasteiger partial charge >= 0.3 is 5.97 Å². The summed E-state index contributed by atoms with van der Waals surface area (Å²) in [5.41, 5.74) is 7.66. The monoisotopic (exact) mass is 263 g/mol. The third-order valence-electron chi connectivity index (χ3n) is 2.21. The molecule has 2 N–H and O–H groups in total. The number of halogens is 2. The summed E-state index contributed by atoms with van der Waals surface area (Å²) in [5, 5.41) is 0. The van der Waals surface area contributed by atoms with Crippen LogP contribution < -0.4 is 5.73 Å². The van der Waals surface area contributed by atoms with E-state index in [2.05, 4.69) is 4.74 Å². The molecule has 0 aliphatic rings. The predicted molar refractivity (Wildman–Crippen MR) is 66.9 cm³/mol. The van der Waals surface area contributed by atoms with E-state index in [1.165, 1.54) is 7.11 Å². The maximum absolute atomic E-state index is 11.1. The maximum Gasteiger partial charge on any atom is 0.322 e. The van der Waals surface area contributed by atoms with Crippen LogP contribution in [0.15, 0.2) is 24.3 Å². The zero-order valence-corrected chi connectivity index (χ0v) is 10.6. The van der Waals surface area contributed by atoms with Crippen LogP contribution in [0.4, 0.5) is 0 Å². The third kappa shape index (κ3) is 4.00. The van der Waals surface area contributed by atoms with Crippen LogP contribution in [0.5, 0.6) is 0 Å². The van der Waals surface area contributed by atoms with Crippen LogP contribution >= 0.6 is 24.0 Å². The first-order valence-electron chi connectivity index (χ1n) is 4.65. The number of hydrogen-bond acceptors (Lipinski definition) is 3. The number of hydrogen-bond donors (Lipinski definition) is 1. The number of esters is 1. The molecule has 0 fully saturated rings. The van der Waals surface area contributed by atoms with E-state index in [0.29, 0.717) is 12.3 Å². The summed E-state index contributed by atoms with van der Waals surface area (Å²) >= 11 is 5.77. The van der Waals surface area contributed by atoms with E-state index < -0.39 is 12.0 Å². The second-order valence-corrected chi connectivity index (χ2v) is 3.50. The maximum atomic E-state index is 11.1. The van der Waals surface area contributed by atoms with E-state index in [0.717, 1.165) is 11.1 Å². The van der Waals surface area contributed by atoms with Gasteiger partial charge in [0.25, 0.3) is 0 Å². The van der Waals surface area contributed by atoms with E-state index in [1.807, 2.05) is 24.3 Å². The fraction of sp³-hybridized carbons (Fsp3) is 0.364. The molecule has 1 rings (SSSR count). The fourth-order valence-electron chi connectivity index (χ4n) is 1.36. The molecule has 16 heavy (non-hydrogen) atoms. The summed E-state index contributed by atoms with van der Waals surface area (Å²) < 4.78 is 4.56. The van der Waals surface area contributed by atoms with Gasteiger partial charge in [-0.25, -0.2) is 0 Å². The number of carbonyl (C=O) groups is 1. The van der Waals surface area contributed by atoms with Crippen LogP contribution in [0.25, 0.3) is 0 Å². The highest BCUT2D eigenvalue weighted by atomic mass is 35.5. The molecule has 0 aliphatic carbocycles. The van der Waals surface area contributed by atoms with Gasteiger partial charge in [0.2, 0.25) is 0 Å². The molecule has 1 unspecified atom stereocenters. The Kier molecular flexibility index (Phi) is 7.13. The van der Waals surface area contributed by atoms with Crippen LogP contribution in [0.3, 0.4) is 0 Å². The Bertz CT molecular complexity index is 345. The number of benzene rings is 1. The highest BCUT2D eigenvalue weighted by Crippen LogP contribution is 2.13. The van der Waals surface area contributed by atoms with Crippen molar-refractivity contribution in [1.82, 2.24) is 0 Å². The average molecular weight is 264 g/mol. The molecule has 0 amide bonds. The highest BCUT2D eigenvalue weighted by Gasteiger charge is 2.15. The topological polar surface area (TPSA) is 52.3 Å². The van der Waals surface area contributed by atoms with Gasteiger partial charge in [-0.2, -0.15) is 0 Å². The number of alkyl halides is 1. The van der Waals surface area contributed by atoms with Gasteiger partial charge in [-0.05, 0) is 17.5 Å². The Balaban J connectivity index is 0.00000225. The molecule has 0 radical (unpaired) electrons. The fourth-order valence-corrected chi connectivity index (χ4v) is 1.62. The van der Waals surface area contributed by atoms with E-state index >= 15 is 0 Å². The van der Waals surface area contributed by atoms with Crippen molar-refractivity contribution in [3.8, 4) is 0 Å². The van der Waals surface area contributed by atoms with Crippen LogP contribution in [0, 0.1) is 0 Å². The zero-order chi connectivity index (χ0) is 11.3. The zero-order valence-electron chi connectivity index (χ0n) is 8.98. The van der Waals surface area contributed by atoms with E-state index in [4.69, 9.17) is 17.3 Å². The minimum atomic E-state index is -0.626. The first kappa shape index (κ1) is 15.2. The van der Waals surface area contributed by atoms with Crippen molar-refractivity contribution in [2.45, 2.75) is 18.3 Å². The van der Waals surface area contributed by atoms with Crippen molar-refractivity contribution in [2.24, 2.45) is 5.73 Å². The van der Waals surface area contributed by atoms with Crippen molar-refractivity contribution < 1.29 is 9.53 Å². The summed E-state index contributed by atoms with van der Waals surface area (Å²) in [6, 6.07) is 7.02. The Labute approximate surface area is 106 Å². The molecule has 0 spiro atoms. The molecular formula is C11H15Cl2NO2. The lowest BCUT2D eigenvalue weighted by atomic mass is 10.0. The molecule has 0 aliphatic heterocycles. The number of methoxy groups -OCH3 is 1. The predicted octanol–water partition coefficient (Wildman–Crippen LogP) is 1.89. The summed E-state index contributed by atoms with van der Waals surface area (Å²) in [7, 11) is 1.33. The van der Waals surface area contributed by atoms with Crippen molar-refractivity contribution >= 4 is 30.0 Å². The molecule has 0 saturated heterocycles. The van der Waals surface area contributed by atoms with Crippen LogP contribution in [-0.4, -0.2) is 19.1 Å². The lowest BCUT2D eigenvalue weighted by molar-refractivity contribution is -0.142. The van der Waals surface area contributed by atoms with Gasteiger partial charge in [-0.15, -0.1) is 24.0 Å². The van der Waals surface area contributed by atoms with Gasteiger partial charge in [-0.3, -0.25) is 4.79 Å². The molecule has 0 saturated carbocycles. The Morgan fingerprint density at radius 2 is 2.00 bits per heavy atom. The summed E-state index contributed by atoms with van der Waals surface area (Å²) in [5.74, 6) is 0.0173. The number of nitrogens with two attached hydrogens (primary N) is 1. The first-order valence-corrected chi connectivity index (χ1v) is 5.18. The second-order valence-electron chi connectivity index (χ2n) is 3.24. The third-order valence-corrected chi connectivity index (χ3v) is 2.49. The summed E-state index contributed by atoms with van der Waals surface area (Å²) in [6.45, 7) is 0. The standard InChI is InChI=1S/C11H14ClNO2.ClH/c1-15-11(14)10(13)6-8-4-2-3-5-9(8)7-12;/h2-5,10H,6-7,13H2,1H3;1H. The van der Waals surface area contributed by atoms with E-state index in [9.17, 15) is 4.79 Å². The Morgan fingerprint density at radius 3 is 2.50 bits per heavy atom. The summed E-state index contributed by atoms with van der Waals surface area (Å²) in [6.07, 6.45) is 0.454. The van der Waals surface area contributed by atoms with Crippen LogP contribution in [0.2, 0.25) is 0 Å². The molecule has 3 nitrogen and oxygen atoms in total. The van der Waals surface area contributed by atoms with Crippen molar-refractivity contribution in [2.75, 3.05) is 7.11 Å². The molecule has 1 atom stereocenters. The molecule has 1 aromatic rings. The van der Waals surface area contributed by atoms with Gasteiger partial charge < -0.3 is 10.5 Å². The van der Waals surface area contributed by atoms with E-state index in [1.54, 1.807) is 0 Å². The quantitative estimate of drug-likeness (QED) is 0.667. The van der Waals surface area contributed by atoms with Crippen molar-refractivity contribution in [3.63, 3.8) is 0 Å². The SMILES string of the molecule is COC(=O)C(N)Cc1ccccc1CCl.Cl. The molecule has 90 valence electrons. The normalized spacial score (nSPS) is 11.4. The molecule has 0 bridgehead atoms. The Morgan fingerprint density at radius 1 is 1.44 bits per heavy atom. The lowest BCUT2D eigenvalue weighted by Gasteiger charge is -2.11. The van der Waals surface area contributed by atoms with Crippen LogP contribution in [-0.2, 0) is 21.8 Å². The highest BCUT2D eigenvalue weighted by molar-refractivity contribution is 6.17. The van der Waals surface area contributed by atoms with Gasteiger partial charge in [0, 0.05) is 5.88 Å². The smallest absolute Gasteiger partial charge is 0.322 e. The van der Waals surface area contributed by atoms with Crippen molar-refractivity contribution in [3.05, 3.63) is 35.4 Å². The molecule has 5 heteroatoms. The average Bonchev–Trinajstić information content (AvgIpc) is 2.28. The molecule has 1 aromatic carbocycles. The first-order chi connectivity index (χ1) is 7.19. The minimum Gasteiger partial charge on any atom is -0.468 e. The molecule has 0 aromatic heterocycles. The van der Waals surface area contributed by atoms with Gasteiger partial charge in [0.05, 0.1) is 7.11 Å². The van der Waals surface area contributed by atoms with Gasteiger partial charge in [0.1, 0.15) is 6.04 Å². The lowest BCUT2D eigenvalue weighted by Crippen LogP contribution is -2.33. The Hall–Kier alpha value is -0.770. The van der Waals surface area contributed by atoms with E-state index in [-0.39, 0.29) is 12.4 Å². The second kappa shape index (κ2) is 7.49. The number of rotatable bonds is 4. The van der Waals surface area contributed by atoms with Crippen molar-refractivity contribution in [1.29, 1.82) is 0 Å². The number of carbonyl (C=O) groups excluding carboxylic acids is 1. The summed E-state index contributed by atoms with van der Waals surface area (Å²) in [4.78, 5) is 11.1. The minimum absolute atomic E-state index is 0. The number of ether oxygens (including phenoxy) is 1. The molecule has 0 heterocycles. The van der Waals surface area contributed by atoms with Gasteiger partial charge in [0.15, 0.2) is 0 Å².